The van der Waals surface area contributed by atoms with E-state index in [4.69, 9.17) is 4.99 Å². The normalized spacial score (nSPS) is 15.0. The van der Waals surface area contributed by atoms with Gasteiger partial charge < -0.3 is 20.9 Å². The first-order valence-electron chi connectivity index (χ1n) is 11.0. The van der Waals surface area contributed by atoms with Crippen molar-refractivity contribution >= 4 is 47.4 Å². The van der Waals surface area contributed by atoms with Crippen LogP contribution in [0.5, 0.6) is 0 Å². The van der Waals surface area contributed by atoms with E-state index >= 15 is 0 Å². The Kier molecular flexibility index (Phi) is 11.9. The molecule has 1 fully saturated rings. The molecule has 0 aromatic heterocycles. The maximum absolute atomic E-state index is 12.8. The van der Waals surface area contributed by atoms with Crippen molar-refractivity contribution in [1.82, 2.24) is 15.5 Å². The Hall–Kier alpha value is -1.84. The van der Waals surface area contributed by atoms with Crippen LogP contribution >= 0.6 is 24.0 Å². The number of halogens is 1. The molecular weight excluding hydrogens is 505 g/mol. The summed E-state index contributed by atoms with van der Waals surface area (Å²) in [5, 5.41) is 9.59. The van der Waals surface area contributed by atoms with Crippen LogP contribution < -0.4 is 16.0 Å². The maximum atomic E-state index is 12.8. The molecule has 0 unspecified atom stereocenters. The number of carbonyl (C=O) groups is 2. The van der Waals surface area contributed by atoms with Crippen LogP contribution in [0.25, 0.3) is 0 Å². The Morgan fingerprint density at radius 1 is 1.13 bits per heavy atom. The Labute approximate surface area is 203 Å². The highest BCUT2D eigenvalue weighted by Gasteiger charge is 2.42. The lowest BCUT2D eigenvalue weighted by molar-refractivity contribution is -0.138. The lowest BCUT2D eigenvalue weighted by Gasteiger charge is -2.31. The number of rotatable bonds is 9. The van der Waals surface area contributed by atoms with E-state index < -0.39 is 0 Å². The average molecular weight is 543 g/mol. The van der Waals surface area contributed by atoms with Gasteiger partial charge in [-0.3, -0.25) is 9.59 Å². The number of guanidine groups is 1. The molecule has 0 radical (unpaired) electrons. The molecule has 0 spiro atoms. The third kappa shape index (κ3) is 8.31. The Balaban J connectivity index is 0.00000480. The third-order valence-corrected chi connectivity index (χ3v) is 5.47. The van der Waals surface area contributed by atoms with Crippen molar-refractivity contribution in [3.63, 3.8) is 0 Å². The maximum Gasteiger partial charge on any atom is 0.230 e. The van der Waals surface area contributed by atoms with Gasteiger partial charge in [-0.1, -0.05) is 31.9 Å². The molecule has 2 rings (SSSR count). The second-order valence-corrected chi connectivity index (χ2v) is 8.23. The summed E-state index contributed by atoms with van der Waals surface area (Å²) in [6.07, 6.45) is 5.35. The standard InChI is InChI=1S/C23H37N5O2.HI/c1-5-10-20(29)27-19-12-9-11-18(15-19)16-25-22(24-6-2)26-17-23(13-7-8-14-23)21(30)28(3)4;/h9,11-12,15H,5-8,10,13-14,16-17H2,1-4H3,(H,27,29)(H2,24,25,26);1H. The molecule has 1 aliphatic carbocycles. The predicted molar refractivity (Wildman–Crippen MR) is 138 cm³/mol. The van der Waals surface area contributed by atoms with Gasteiger partial charge in [0.2, 0.25) is 11.8 Å². The van der Waals surface area contributed by atoms with Gasteiger partial charge in [0.05, 0.1) is 12.0 Å². The van der Waals surface area contributed by atoms with Crippen LogP contribution in [0.2, 0.25) is 0 Å². The number of nitrogens with zero attached hydrogens (tertiary/aromatic N) is 2. The molecule has 3 N–H and O–H groups in total. The van der Waals surface area contributed by atoms with Crippen molar-refractivity contribution < 1.29 is 9.59 Å². The van der Waals surface area contributed by atoms with Crippen LogP contribution in [0.3, 0.4) is 0 Å². The van der Waals surface area contributed by atoms with Gasteiger partial charge >= 0.3 is 0 Å². The number of carbonyl (C=O) groups excluding carboxylic acids is 2. The van der Waals surface area contributed by atoms with E-state index in [1.165, 1.54) is 0 Å². The molecule has 0 saturated heterocycles. The number of hydrogen-bond donors (Lipinski definition) is 3. The van der Waals surface area contributed by atoms with Crippen LogP contribution in [0.1, 0.15) is 57.9 Å². The summed E-state index contributed by atoms with van der Waals surface area (Å²) in [6.45, 7) is 5.83. The molecule has 1 aromatic carbocycles. The van der Waals surface area contributed by atoms with E-state index in [2.05, 4.69) is 16.0 Å². The van der Waals surface area contributed by atoms with Gasteiger partial charge in [0.15, 0.2) is 5.96 Å². The minimum absolute atomic E-state index is 0. The van der Waals surface area contributed by atoms with Crippen molar-refractivity contribution in [2.75, 3.05) is 32.5 Å². The van der Waals surface area contributed by atoms with Crippen molar-refractivity contribution in [3.05, 3.63) is 29.8 Å². The van der Waals surface area contributed by atoms with E-state index in [1.54, 1.807) is 4.90 Å². The summed E-state index contributed by atoms with van der Waals surface area (Å²) in [5.74, 6) is 0.926. The van der Waals surface area contributed by atoms with Crippen LogP contribution in [0, 0.1) is 5.41 Å². The van der Waals surface area contributed by atoms with Crippen LogP contribution in [-0.2, 0) is 16.1 Å². The number of amides is 2. The van der Waals surface area contributed by atoms with Crippen molar-refractivity contribution in [3.8, 4) is 0 Å². The van der Waals surface area contributed by atoms with Gasteiger partial charge in [-0.15, -0.1) is 24.0 Å². The fraction of sp³-hybridized carbons (Fsp3) is 0.609. The van der Waals surface area contributed by atoms with Crippen LogP contribution in [-0.4, -0.2) is 49.9 Å². The highest BCUT2D eigenvalue weighted by atomic mass is 127. The lowest BCUT2D eigenvalue weighted by Crippen LogP contribution is -2.49. The van der Waals surface area contributed by atoms with Gasteiger partial charge in [-0.2, -0.15) is 0 Å². The van der Waals surface area contributed by atoms with Crippen molar-refractivity contribution in [2.24, 2.45) is 10.4 Å². The quantitative estimate of drug-likeness (QED) is 0.252. The molecule has 8 heteroatoms. The van der Waals surface area contributed by atoms with Crippen molar-refractivity contribution in [2.45, 2.75) is 58.9 Å². The molecule has 0 aliphatic heterocycles. The number of nitrogens with one attached hydrogen (secondary N) is 3. The number of benzene rings is 1. The Bertz CT molecular complexity index is 745. The molecule has 1 aliphatic rings. The van der Waals surface area contributed by atoms with Crippen LogP contribution in [0.4, 0.5) is 5.69 Å². The molecule has 0 bridgehead atoms. The largest absolute Gasteiger partial charge is 0.357 e. The first-order valence-corrected chi connectivity index (χ1v) is 11.0. The van der Waals surface area contributed by atoms with Gasteiger partial charge in [-0.25, -0.2) is 4.99 Å². The van der Waals surface area contributed by atoms with Gasteiger partial charge in [0, 0.05) is 39.3 Å². The number of anilines is 1. The summed E-state index contributed by atoms with van der Waals surface area (Å²) in [6, 6.07) is 7.77. The van der Waals surface area contributed by atoms with Gasteiger partial charge in [-0.05, 0) is 43.9 Å². The fourth-order valence-electron chi connectivity index (χ4n) is 3.96. The molecule has 0 heterocycles. The highest BCUT2D eigenvalue weighted by Crippen LogP contribution is 2.38. The Morgan fingerprint density at radius 2 is 1.84 bits per heavy atom. The van der Waals surface area contributed by atoms with Crippen molar-refractivity contribution in [1.29, 1.82) is 0 Å². The first-order chi connectivity index (χ1) is 14.4. The Morgan fingerprint density at radius 3 is 2.45 bits per heavy atom. The molecule has 0 atom stereocenters. The van der Waals surface area contributed by atoms with E-state index in [-0.39, 0.29) is 41.2 Å². The van der Waals surface area contributed by atoms with E-state index in [0.29, 0.717) is 25.5 Å². The second-order valence-electron chi connectivity index (χ2n) is 8.23. The zero-order valence-corrected chi connectivity index (χ0v) is 21.6. The summed E-state index contributed by atoms with van der Waals surface area (Å²) < 4.78 is 0. The highest BCUT2D eigenvalue weighted by molar-refractivity contribution is 14.0. The molecule has 31 heavy (non-hydrogen) atoms. The molecule has 2 amide bonds. The molecule has 1 aromatic rings. The second kappa shape index (κ2) is 13.5. The lowest BCUT2D eigenvalue weighted by atomic mass is 9.84. The summed E-state index contributed by atoms with van der Waals surface area (Å²) in [5.41, 5.74) is 1.46. The molecule has 7 nitrogen and oxygen atoms in total. The SMILES string of the molecule is CCCC(=O)Nc1cccc(CN=C(NCC)NCC2(C(=O)N(C)C)CCCC2)c1.I. The molecular formula is C23H38IN5O2. The monoisotopic (exact) mass is 543 g/mol. The van der Waals surface area contributed by atoms with Crippen LogP contribution in [0.15, 0.2) is 29.3 Å². The third-order valence-electron chi connectivity index (χ3n) is 5.47. The minimum atomic E-state index is -0.344. The fourth-order valence-corrected chi connectivity index (χ4v) is 3.96. The molecule has 174 valence electrons. The summed E-state index contributed by atoms with van der Waals surface area (Å²) in [7, 11) is 3.65. The topological polar surface area (TPSA) is 85.8 Å². The number of hydrogen-bond acceptors (Lipinski definition) is 3. The zero-order valence-electron chi connectivity index (χ0n) is 19.3. The summed E-state index contributed by atoms with van der Waals surface area (Å²) >= 11 is 0. The minimum Gasteiger partial charge on any atom is -0.357 e. The van der Waals surface area contributed by atoms with Gasteiger partial charge in [0.1, 0.15) is 0 Å². The average Bonchev–Trinajstić information content (AvgIpc) is 3.20. The van der Waals surface area contributed by atoms with E-state index in [1.807, 2.05) is 52.2 Å². The van der Waals surface area contributed by atoms with Gasteiger partial charge in [0.25, 0.3) is 0 Å². The first kappa shape index (κ1) is 27.2. The smallest absolute Gasteiger partial charge is 0.230 e. The van der Waals surface area contributed by atoms with E-state index in [0.717, 1.165) is 49.9 Å². The van der Waals surface area contributed by atoms with E-state index in [9.17, 15) is 9.59 Å². The summed E-state index contributed by atoms with van der Waals surface area (Å²) in [4.78, 5) is 31.0. The molecule has 1 saturated carbocycles. The zero-order chi connectivity index (χ0) is 22.0. The number of aliphatic imine (C=N–C) groups is 1. The predicted octanol–water partition coefficient (Wildman–Crippen LogP) is 3.75.